The van der Waals surface area contributed by atoms with Gasteiger partial charge in [0.1, 0.15) is 6.07 Å². The van der Waals surface area contributed by atoms with E-state index in [1.165, 1.54) is 0 Å². The maximum atomic E-state index is 8.61. The minimum atomic E-state index is 0.484. The van der Waals surface area contributed by atoms with Crippen LogP contribution in [0.3, 0.4) is 0 Å². The van der Waals surface area contributed by atoms with Crippen molar-refractivity contribution in [2.24, 2.45) is 0 Å². The lowest BCUT2D eigenvalue weighted by atomic mass is 10.2. The molecule has 1 aromatic carbocycles. The van der Waals surface area contributed by atoms with E-state index >= 15 is 0 Å². The van der Waals surface area contributed by atoms with Crippen LogP contribution in [0.5, 0.6) is 0 Å². The normalized spacial score (nSPS) is 9.27. The molecule has 0 radical (unpaired) electrons. The highest BCUT2D eigenvalue weighted by Crippen LogP contribution is 2.26. The molecule has 0 N–H and O–H groups in total. The van der Waals surface area contributed by atoms with Crippen LogP contribution >= 0.6 is 27.5 Å². The van der Waals surface area contributed by atoms with Crippen molar-refractivity contribution in [3.8, 4) is 6.07 Å². The van der Waals surface area contributed by atoms with E-state index in [0.29, 0.717) is 10.6 Å². The summed E-state index contributed by atoms with van der Waals surface area (Å²) < 4.78 is 0.774. The Hall–Kier alpha value is -0.520. The van der Waals surface area contributed by atoms with Gasteiger partial charge >= 0.3 is 0 Å². The molecule has 56 valence electrons. The number of hydrogen-bond donors (Lipinski definition) is 0. The molecular formula is C8H5BrClN. The summed E-state index contributed by atoms with van der Waals surface area (Å²) in [7, 11) is 0. The number of nitrogens with zero attached hydrogens (tertiary/aromatic N) is 1. The smallest absolute Gasteiger partial charge is 0.101 e. The number of nitriles is 1. The monoisotopic (exact) mass is 229 g/mol. The standard InChI is InChI=1S/C8H5BrClN/c1-5-2-6(4-11)8(10)7(9)3-5/h2-3H,1H3. The Balaban J connectivity index is 3.39. The summed E-state index contributed by atoms with van der Waals surface area (Å²) in [4.78, 5) is 0. The first kappa shape index (κ1) is 8.58. The SMILES string of the molecule is Cc1cc(Br)c(Cl)c(C#N)c1. The maximum Gasteiger partial charge on any atom is 0.101 e. The van der Waals surface area contributed by atoms with Gasteiger partial charge in [-0.2, -0.15) is 5.26 Å². The second kappa shape index (κ2) is 3.25. The predicted molar refractivity (Wildman–Crippen MR) is 48.6 cm³/mol. The van der Waals surface area contributed by atoms with Crippen molar-refractivity contribution in [3.05, 3.63) is 32.8 Å². The van der Waals surface area contributed by atoms with Crippen molar-refractivity contribution in [1.82, 2.24) is 0 Å². The van der Waals surface area contributed by atoms with E-state index in [9.17, 15) is 0 Å². The number of halogens is 2. The molecule has 0 fully saturated rings. The average molecular weight is 230 g/mol. The lowest BCUT2D eigenvalue weighted by Crippen LogP contribution is -1.81. The van der Waals surface area contributed by atoms with Gasteiger partial charge in [-0.05, 0) is 40.5 Å². The van der Waals surface area contributed by atoms with E-state index in [1.54, 1.807) is 6.07 Å². The number of rotatable bonds is 0. The summed E-state index contributed by atoms with van der Waals surface area (Å²) in [6.45, 7) is 1.92. The molecule has 0 aliphatic heterocycles. The molecular weight excluding hydrogens is 225 g/mol. The number of hydrogen-bond acceptors (Lipinski definition) is 1. The molecule has 0 atom stereocenters. The van der Waals surface area contributed by atoms with Crippen molar-refractivity contribution in [2.45, 2.75) is 6.92 Å². The van der Waals surface area contributed by atoms with Gasteiger partial charge in [-0.3, -0.25) is 0 Å². The van der Waals surface area contributed by atoms with Crippen molar-refractivity contribution in [2.75, 3.05) is 0 Å². The van der Waals surface area contributed by atoms with Gasteiger partial charge < -0.3 is 0 Å². The Bertz CT molecular complexity index is 328. The summed E-state index contributed by atoms with van der Waals surface area (Å²) in [6, 6.07) is 5.65. The maximum absolute atomic E-state index is 8.61. The van der Waals surface area contributed by atoms with Crippen molar-refractivity contribution < 1.29 is 0 Å². The third-order valence-corrected chi connectivity index (χ3v) is 2.55. The Morgan fingerprint density at radius 1 is 1.55 bits per heavy atom. The van der Waals surface area contributed by atoms with E-state index < -0.39 is 0 Å². The lowest BCUT2D eigenvalue weighted by Gasteiger charge is -1.99. The van der Waals surface area contributed by atoms with Gasteiger partial charge in [-0.15, -0.1) is 0 Å². The Morgan fingerprint density at radius 2 is 2.18 bits per heavy atom. The molecule has 0 bridgehead atoms. The molecule has 0 saturated heterocycles. The predicted octanol–water partition coefficient (Wildman–Crippen LogP) is 3.28. The quantitative estimate of drug-likeness (QED) is 0.671. The number of benzene rings is 1. The summed E-state index contributed by atoms with van der Waals surface area (Å²) in [6.07, 6.45) is 0. The third-order valence-electron chi connectivity index (χ3n) is 1.29. The summed E-state index contributed by atoms with van der Waals surface area (Å²) in [5.74, 6) is 0. The van der Waals surface area contributed by atoms with Crippen LogP contribution in [0.4, 0.5) is 0 Å². The zero-order valence-corrected chi connectivity index (χ0v) is 8.20. The van der Waals surface area contributed by atoms with Crippen LogP contribution in [0, 0.1) is 18.3 Å². The van der Waals surface area contributed by atoms with Crippen LogP contribution < -0.4 is 0 Å². The fourth-order valence-corrected chi connectivity index (χ4v) is 1.53. The topological polar surface area (TPSA) is 23.8 Å². The van der Waals surface area contributed by atoms with Crippen LogP contribution in [0.15, 0.2) is 16.6 Å². The first-order valence-corrected chi connectivity index (χ1v) is 4.18. The van der Waals surface area contributed by atoms with Crippen molar-refractivity contribution in [3.63, 3.8) is 0 Å². The molecule has 0 aliphatic rings. The molecule has 0 spiro atoms. The molecule has 1 rings (SSSR count). The van der Waals surface area contributed by atoms with Crippen molar-refractivity contribution >= 4 is 27.5 Å². The van der Waals surface area contributed by atoms with Gasteiger partial charge in [0.15, 0.2) is 0 Å². The largest absolute Gasteiger partial charge is 0.192 e. The Labute approximate surface area is 78.7 Å². The van der Waals surface area contributed by atoms with Gasteiger partial charge in [0, 0.05) is 4.47 Å². The first-order valence-electron chi connectivity index (χ1n) is 3.01. The van der Waals surface area contributed by atoms with Crippen LogP contribution in [0.1, 0.15) is 11.1 Å². The fraction of sp³-hybridized carbons (Fsp3) is 0.125. The number of aryl methyl sites for hydroxylation is 1. The highest BCUT2D eigenvalue weighted by Gasteiger charge is 2.03. The molecule has 0 heterocycles. The molecule has 11 heavy (non-hydrogen) atoms. The van der Waals surface area contributed by atoms with Crippen LogP contribution in [0.2, 0.25) is 5.02 Å². The molecule has 0 amide bonds. The van der Waals surface area contributed by atoms with E-state index in [2.05, 4.69) is 15.9 Å². The average Bonchev–Trinajstić information content (AvgIpc) is 1.96. The molecule has 3 heteroatoms. The summed E-state index contributed by atoms with van der Waals surface area (Å²) in [5.41, 5.74) is 1.54. The molecule has 1 aromatic rings. The molecule has 0 aromatic heterocycles. The van der Waals surface area contributed by atoms with Gasteiger partial charge in [0.25, 0.3) is 0 Å². The zero-order chi connectivity index (χ0) is 8.43. The Kier molecular flexibility index (Phi) is 2.53. The molecule has 0 aliphatic carbocycles. The van der Waals surface area contributed by atoms with E-state index in [0.717, 1.165) is 10.0 Å². The minimum absolute atomic E-state index is 0.484. The van der Waals surface area contributed by atoms with Gasteiger partial charge in [-0.25, -0.2) is 0 Å². The Morgan fingerprint density at radius 3 is 2.73 bits per heavy atom. The third kappa shape index (κ3) is 1.74. The molecule has 1 nitrogen and oxygen atoms in total. The summed E-state index contributed by atoms with van der Waals surface area (Å²) in [5, 5.41) is 9.10. The van der Waals surface area contributed by atoms with E-state index in [-0.39, 0.29) is 0 Å². The fourth-order valence-electron chi connectivity index (χ4n) is 0.806. The second-order valence-corrected chi connectivity index (χ2v) is 3.45. The highest BCUT2D eigenvalue weighted by atomic mass is 79.9. The zero-order valence-electron chi connectivity index (χ0n) is 5.86. The first-order chi connectivity index (χ1) is 5.15. The molecule has 0 saturated carbocycles. The second-order valence-electron chi connectivity index (χ2n) is 2.22. The lowest BCUT2D eigenvalue weighted by molar-refractivity contribution is 1.40. The summed E-state index contributed by atoms with van der Waals surface area (Å²) >= 11 is 9.05. The van der Waals surface area contributed by atoms with Gasteiger partial charge in [0.2, 0.25) is 0 Å². The van der Waals surface area contributed by atoms with E-state index in [1.807, 2.05) is 19.1 Å². The van der Waals surface area contributed by atoms with Crippen LogP contribution in [0.25, 0.3) is 0 Å². The van der Waals surface area contributed by atoms with Gasteiger partial charge in [-0.1, -0.05) is 11.6 Å². The van der Waals surface area contributed by atoms with Gasteiger partial charge in [0.05, 0.1) is 10.6 Å². The van der Waals surface area contributed by atoms with Crippen LogP contribution in [-0.2, 0) is 0 Å². The molecule has 0 unspecified atom stereocenters. The highest BCUT2D eigenvalue weighted by molar-refractivity contribution is 9.10. The minimum Gasteiger partial charge on any atom is -0.192 e. The van der Waals surface area contributed by atoms with Crippen molar-refractivity contribution in [1.29, 1.82) is 5.26 Å². The van der Waals surface area contributed by atoms with Crippen LogP contribution in [-0.4, -0.2) is 0 Å². The van der Waals surface area contributed by atoms with E-state index in [4.69, 9.17) is 16.9 Å².